The number of hydrogen-bond donors (Lipinski definition) is 2. The van der Waals surface area contributed by atoms with Crippen LogP contribution in [-0.4, -0.2) is 47.5 Å². The number of phosphoric acid groups is 2. The molecule has 2 N–H and O–H groups in total. The molecular formula is H2CaFeO8P2. The van der Waals surface area contributed by atoms with E-state index >= 15 is 0 Å². The molecule has 0 aromatic carbocycles. The van der Waals surface area contributed by atoms with Crippen LogP contribution in [0.15, 0.2) is 0 Å². The third kappa shape index (κ3) is 363. The summed E-state index contributed by atoms with van der Waals surface area (Å²) >= 11 is 0. The van der Waals surface area contributed by atoms with Gasteiger partial charge < -0.3 is 33.9 Å². The van der Waals surface area contributed by atoms with E-state index in [1.54, 1.807) is 0 Å². The van der Waals surface area contributed by atoms with Crippen molar-refractivity contribution in [3.8, 4) is 0 Å². The van der Waals surface area contributed by atoms with Gasteiger partial charge in [0.2, 0.25) is 0 Å². The summed E-state index contributed by atoms with van der Waals surface area (Å²) in [5.41, 5.74) is 0. The van der Waals surface area contributed by atoms with Crippen molar-refractivity contribution < 1.29 is 55.6 Å². The van der Waals surface area contributed by atoms with Crippen LogP contribution in [0.25, 0.3) is 0 Å². The Morgan fingerprint density at radius 2 is 0.917 bits per heavy atom. The zero-order chi connectivity index (χ0) is 9.00. The summed E-state index contributed by atoms with van der Waals surface area (Å²) in [6, 6.07) is 0. The molecule has 0 aromatic rings. The first-order valence-electron chi connectivity index (χ1n) is 1.50. The quantitative estimate of drug-likeness (QED) is 0.331. The van der Waals surface area contributed by atoms with Crippen molar-refractivity contribution >= 4 is 53.4 Å². The minimum Gasteiger partial charge on any atom is -0.822 e. The molecule has 70 valence electrons. The van der Waals surface area contributed by atoms with E-state index in [0.717, 1.165) is 0 Å². The molecule has 0 heterocycles. The van der Waals surface area contributed by atoms with Crippen LogP contribution >= 0.6 is 15.6 Å². The maximum Gasteiger partial charge on any atom is 2.00 e. The average Bonchev–Trinajstić information content (AvgIpc) is 1.12. The number of hydrogen-bond acceptors (Lipinski definition) is 6. The second-order valence-electron chi connectivity index (χ2n) is 0.938. The zero-order valence-corrected chi connectivity index (χ0v) is 10.4. The van der Waals surface area contributed by atoms with Gasteiger partial charge in [-0.15, -0.1) is 0 Å². The van der Waals surface area contributed by atoms with Crippen molar-refractivity contribution in [1.29, 1.82) is 0 Å². The van der Waals surface area contributed by atoms with Crippen molar-refractivity contribution in [2.24, 2.45) is 0 Å². The van der Waals surface area contributed by atoms with Crippen LogP contribution in [0.4, 0.5) is 0 Å². The van der Waals surface area contributed by atoms with E-state index in [2.05, 4.69) is 0 Å². The van der Waals surface area contributed by atoms with Gasteiger partial charge in [0.15, 0.2) is 0 Å². The smallest absolute Gasteiger partial charge is 0.822 e. The first kappa shape index (κ1) is 23.7. The Kier molecular flexibility index (Phi) is 18.8. The largest absolute Gasteiger partial charge is 2.00 e. The molecule has 0 aliphatic heterocycles. The first-order valence-corrected chi connectivity index (χ1v) is 4.49. The molecule has 0 unspecified atom stereocenters. The fraction of sp³-hybridized carbons (Fsp3) is 0. The summed E-state index contributed by atoms with van der Waals surface area (Å²) < 4.78 is 17.3. The van der Waals surface area contributed by atoms with E-state index in [9.17, 15) is 0 Å². The van der Waals surface area contributed by atoms with Gasteiger partial charge in [0.05, 0.1) is 0 Å². The Labute approximate surface area is 108 Å². The SMILES string of the molecule is O=P([O-])(O)O.O=P([O-])([O-])[O-].[Ca+2].[Fe+2]. The molecule has 12 heteroatoms. The van der Waals surface area contributed by atoms with Gasteiger partial charge in [-0.05, 0) is 0 Å². The summed E-state index contributed by atoms with van der Waals surface area (Å²) in [5.74, 6) is 0. The van der Waals surface area contributed by atoms with Crippen LogP contribution in [0, 0.1) is 0 Å². The maximum atomic E-state index is 8.77. The van der Waals surface area contributed by atoms with Crippen LogP contribution < -0.4 is 19.6 Å². The van der Waals surface area contributed by atoms with Crippen molar-refractivity contribution in [2.45, 2.75) is 0 Å². The molecule has 0 aliphatic carbocycles. The maximum absolute atomic E-state index is 8.77. The predicted octanol–water partition coefficient (Wildman–Crippen LogP) is -4.77. The van der Waals surface area contributed by atoms with E-state index in [1.807, 2.05) is 0 Å². The molecule has 0 atom stereocenters. The second-order valence-corrected chi connectivity index (χ2v) is 2.81. The summed E-state index contributed by atoms with van der Waals surface area (Å²) in [6.07, 6.45) is 0. The molecule has 0 aromatic heterocycles. The van der Waals surface area contributed by atoms with E-state index in [-0.39, 0.29) is 54.8 Å². The molecule has 0 bridgehead atoms. The Morgan fingerprint density at radius 1 is 0.917 bits per heavy atom. The van der Waals surface area contributed by atoms with Gasteiger partial charge in [-0.3, -0.25) is 4.57 Å². The third-order valence-corrected chi connectivity index (χ3v) is 0. The normalized spacial score (nSPS) is 9.83. The van der Waals surface area contributed by atoms with E-state index in [0.29, 0.717) is 0 Å². The average molecular weight is 288 g/mol. The van der Waals surface area contributed by atoms with Crippen LogP contribution in [-0.2, 0) is 26.2 Å². The van der Waals surface area contributed by atoms with E-state index < -0.39 is 15.6 Å². The molecule has 8 nitrogen and oxygen atoms in total. The van der Waals surface area contributed by atoms with Crippen molar-refractivity contribution in [3.63, 3.8) is 0 Å². The minimum atomic E-state index is -5.39. The summed E-state index contributed by atoms with van der Waals surface area (Å²) in [6.45, 7) is 0. The Balaban J connectivity index is -0.0000000457. The van der Waals surface area contributed by atoms with Crippen LogP contribution in [0.5, 0.6) is 0 Å². The predicted molar refractivity (Wildman–Crippen MR) is 25.4 cm³/mol. The Bertz CT molecular complexity index is 129. The summed E-state index contributed by atoms with van der Waals surface area (Å²) in [5, 5.41) is 0. The standard InChI is InChI=1S/Ca.Fe.2H3O4P/c;;2*1-5(2,3)4/h;;2*(H3,1,2,3,4)/q2*+2;;/p-4. The van der Waals surface area contributed by atoms with Gasteiger partial charge in [-0.25, -0.2) is 0 Å². The Morgan fingerprint density at radius 3 is 0.917 bits per heavy atom. The van der Waals surface area contributed by atoms with Crippen molar-refractivity contribution in [1.82, 2.24) is 0 Å². The van der Waals surface area contributed by atoms with Crippen molar-refractivity contribution in [2.75, 3.05) is 0 Å². The molecule has 0 saturated carbocycles. The summed E-state index contributed by atoms with van der Waals surface area (Å²) in [7, 11) is -10.3. The topological polar surface area (TPSA) is 167 Å². The first-order chi connectivity index (χ1) is 4.00. The molecule has 12 heavy (non-hydrogen) atoms. The van der Waals surface area contributed by atoms with Gasteiger partial charge in [0.1, 0.15) is 0 Å². The fourth-order valence-corrected chi connectivity index (χ4v) is 0. The van der Waals surface area contributed by atoms with Crippen LogP contribution in [0.1, 0.15) is 0 Å². The Hall–Kier alpha value is 2.00. The zero-order valence-electron chi connectivity index (χ0n) is 5.30. The molecule has 0 fully saturated rings. The molecule has 0 spiro atoms. The second kappa shape index (κ2) is 9.55. The van der Waals surface area contributed by atoms with Gasteiger partial charge in [0, 0.05) is 0 Å². The molecule has 0 amide bonds. The molecule has 0 aliphatic rings. The molecular weight excluding hydrogens is 286 g/mol. The summed E-state index contributed by atoms with van der Waals surface area (Å²) in [4.78, 5) is 48.6. The van der Waals surface area contributed by atoms with Crippen molar-refractivity contribution in [3.05, 3.63) is 0 Å². The molecule has 0 rings (SSSR count). The fourth-order valence-electron chi connectivity index (χ4n) is 0. The monoisotopic (exact) mass is 288 g/mol. The van der Waals surface area contributed by atoms with Gasteiger partial charge in [-0.1, -0.05) is 0 Å². The third-order valence-electron chi connectivity index (χ3n) is 0. The van der Waals surface area contributed by atoms with Crippen LogP contribution in [0.3, 0.4) is 0 Å². The van der Waals surface area contributed by atoms with Crippen LogP contribution in [0.2, 0.25) is 0 Å². The minimum absolute atomic E-state index is 0. The van der Waals surface area contributed by atoms with E-state index in [1.165, 1.54) is 0 Å². The van der Waals surface area contributed by atoms with E-state index in [4.69, 9.17) is 38.5 Å². The number of rotatable bonds is 0. The molecule has 0 radical (unpaired) electrons. The molecule has 0 saturated heterocycles. The van der Waals surface area contributed by atoms with Gasteiger partial charge in [-0.2, -0.15) is 7.82 Å². The van der Waals surface area contributed by atoms with Gasteiger partial charge in [0.25, 0.3) is 7.82 Å². The van der Waals surface area contributed by atoms with Gasteiger partial charge >= 0.3 is 54.8 Å².